The van der Waals surface area contributed by atoms with Crippen LogP contribution >= 0.6 is 12.2 Å². The van der Waals surface area contributed by atoms with Crippen molar-refractivity contribution in [1.29, 1.82) is 0 Å². The molecule has 28 heavy (non-hydrogen) atoms. The molecule has 1 aromatic rings. The van der Waals surface area contributed by atoms with E-state index in [0.29, 0.717) is 36.3 Å². The highest BCUT2D eigenvalue weighted by molar-refractivity contribution is 7.80. The first-order chi connectivity index (χ1) is 13.4. The molecular formula is C19H23N3O5S. The maximum absolute atomic E-state index is 13.4. The zero-order chi connectivity index (χ0) is 19.9. The molecule has 0 unspecified atom stereocenters. The lowest BCUT2D eigenvalue weighted by Crippen LogP contribution is -2.52. The van der Waals surface area contributed by atoms with Crippen molar-refractivity contribution < 1.29 is 23.8 Å². The van der Waals surface area contributed by atoms with Crippen LogP contribution in [0.5, 0.6) is 11.5 Å². The number of carbonyl (C=O) groups is 2. The van der Waals surface area contributed by atoms with E-state index < -0.39 is 5.54 Å². The van der Waals surface area contributed by atoms with Gasteiger partial charge in [0, 0.05) is 25.6 Å². The monoisotopic (exact) mass is 405 g/mol. The Bertz CT molecular complexity index is 832. The molecule has 2 saturated heterocycles. The van der Waals surface area contributed by atoms with Gasteiger partial charge in [-0.15, -0.1) is 0 Å². The zero-order valence-corrected chi connectivity index (χ0v) is 16.7. The highest BCUT2D eigenvalue weighted by atomic mass is 32.1. The molecule has 0 aromatic heterocycles. The third kappa shape index (κ3) is 3.08. The summed E-state index contributed by atoms with van der Waals surface area (Å²) in [6, 6.07) is 5.78. The molecule has 1 amide bonds. The Morgan fingerprint density at radius 2 is 2.18 bits per heavy atom. The SMILES string of the molecule is CCOC(=O)CCN1C(=O)[C@@]2(CN(C)C[C@@H]2c2ccc3c(c2)OCO3)NC1=S. The highest BCUT2D eigenvalue weighted by Crippen LogP contribution is 2.43. The van der Waals surface area contributed by atoms with E-state index in [4.69, 9.17) is 26.4 Å². The van der Waals surface area contributed by atoms with E-state index in [0.717, 1.165) is 5.56 Å². The van der Waals surface area contributed by atoms with Crippen molar-refractivity contribution >= 4 is 29.2 Å². The molecule has 0 saturated carbocycles. The molecule has 1 aromatic carbocycles. The first-order valence-corrected chi connectivity index (χ1v) is 9.73. The van der Waals surface area contributed by atoms with E-state index in [-0.39, 0.29) is 37.6 Å². The molecule has 9 heteroatoms. The van der Waals surface area contributed by atoms with Crippen LogP contribution in [-0.2, 0) is 14.3 Å². The number of esters is 1. The van der Waals surface area contributed by atoms with Gasteiger partial charge in [0.1, 0.15) is 5.54 Å². The van der Waals surface area contributed by atoms with Crippen molar-refractivity contribution in [2.45, 2.75) is 24.8 Å². The van der Waals surface area contributed by atoms with Crippen molar-refractivity contribution in [2.75, 3.05) is 40.1 Å². The van der Waals surface area contributed by atoms with Crippen LogP contribution in [0.3, 0.4) is 0 Å². The molecule has 1 spiro atoms. The second kappa shape index (κ2) is 7.21. The molecule has 0 aliphatic carbocycles. The van der Waals surface area contributed by atoms with E-state index in [9.17, 15) is 9.59 Å². The van der Waals surface area contributed by atoms with Crippen LogP contribution < -0.4 is 14.8 Å². The second-order valence-corrected chi connectivity index (χ2v) is 7.66. The fourth-order valence-corrected chi connectivity index (χ4v) is 4.57. The first kappa shape index (κ1) is 18.9. The van der Waals surface area contributed by atoms with E-state index in [1.807, 2.05) is 25.2 Å². The lowest BCUT2D eigenvalue weighted by atomic mass is 9.81. The number of ether oxygens (including phenoxy) is 3. The van der Waals surface area contributed by atoms with Crippen LogP contribution in [0.15, 0.2) is 18.2 Å². The van der Waals surface area contributed by atoms with Gasteiger partial charge in [-0.05, 0) is 43.9 Å². The quantitative estimate of drug-likeness (QED) is 0.571. The Balaban J connectivity index is 1.59. The highest BCUT2D eigenvalue weighted by Gasteiger charge is 2.58. The summed E-state index contributed by atoms with van der Waals surface area (Å²) >= 11 is 5.44. The lowest BCUT2D eigenvalue weighted by molar-refractivity contribution is -0.143. The summed E-state index contributed by atoms with van der Waals surface area (Å²) in [7, 11) is 1.98. The van der Waals surface area contributed by atoms with Gasteiger partial charge in [-0.3, -0.25) is 14.5 Å². The Morgan fingerprint density at radius 3 is 2.96 bits per heavy atom. The molecule has 0 radical (unpaired) electrons. The number of rotatable bonds is 5. The zero-order valence-electron chi connectivity index (χ0n) is 15.9. The number of thiocarbonyl (C=S) groups is 1. The number of carbonyl (C=O) groups excluding carboxylic acids is 2. The van der Waals surface area contributed by atoms with Gasteiger partial charge >= 0.3 is 5.97 Å². The van der Waals surface area contributed by atoms with Crippen molar-refractivity contribution in [3.63, 3.8) is 0 Å². The minimum atomic E-state index is -0.853. The minimum absolute atomic E-state index is 0.103. The molecule has 150 valence electrons. The number of hydrogen-bond acceptors (Lipinski definition) is 7. The van der Waals surface area contributed by atoms with Gasteiger partial charge in [0.25, 0.3) is 5.91 Å². The second-order valence-electron chi connectivity index (χ2n) is 7.28. The number of nitrogens with zero attached hydrogens (tertiary/aromatic N) is 2. The summed E-state index contributed by atoms with van der Waals surface area (Å²) in [5.41, 5.74) is 0.137. The van der Waals surface area contributed by atoms with Gasteiger partial charge in [0.2, 0.25) is 6.79 Å². The van der Waals surface area contributed by atoms with E-state index in [1.54, 1.807) is 6.92 Å². The summed E-state index contributed by atoms with van der Waals surface area (Å²) in [6.07, 6.45) is 0.113. The normalized spacial score (nSPS) is 26.2. The number of fused-ring (bicyclic) bond motifs is 1. The largest absolute Gasteiger partial charge is 0.466 e. The van der Waals surface area contributed by atoms with Crippen molar-refractivity contribution in [3.8, 4) is 11.5 Å². The Hall–Kier alpha value is -2.39. The van der Waals surface area contributed by atoms with E-state index >= 15 is 0 Å². The van der Waals surface area contributed by atoms with Crippen LogP contribution in [0.2, 0.25) is 0 Å². The average Bonchev–Trinajstić information content (AvgIpc) is 3.31. The topological polar surface area (TPSA) is 80.3 Å². The summed E-state index contributed by atoms with van der Waals surface area (Å²) in [5, 5.41) is 3.63. The Labute approximate surface area is 168 Å². The molecule has 1 N–H and O–H groups in total. The predicted molar refractivity (Wildman–Crippen MR) is 104 cm³/mol. The van der Waals surface area contributed by atoms with Crippen LogP contribution in [0.1, 0.15) is 24.8 Å². The lowest BCUT2D eigenvalue weighted by Gasteiger charge is -2.28. The van der Waals surface area contributed by atoms with Gasteiger partial charge in [0.05, 0.1) is 13.0 Å². The minimum Gasteiger partial charge on any atom is -0.466 e. The summed E-state index contributed by atoms with van der Waals surface area (Å²) < 4.78 is 15.9. The molecule has 3 aliphatic rings. The molecule has 8 nitrogen and oxygen atoms in total. The van der Waals surface area contributed by atoms with Gasteiger partial charge in [-0.2, -0.15) is 0 Å². The average molecular weight is 405 g/mol. The van der Waals surface area contributed by atoms with Crippen LogP contribution in [0, 0.1) is 0 Å². The Morgan fingerprint density at radius 1 is 1.39 bits per heavy atom. The Kier molecular flexibility index (Phi) is 4.88. The van der Waals surface area contributed by atoms with E-state index in [1.165, 1.54) is 4.90 Å². The predicted octanol–water partition coefficient (Wildman–Crippen LogP) is 0.853. The van der Waals surface area contributed by atoms with Crippen LogP contribution in [0.25, 0.3) is 0 Å². The van der Waals surface area contributed by atoms with Crippen LogP contribution in [-0.4, -0.2) is 72.4 Å². The fraction of sp³-hybridized carbons (Fsp3) is 0.526. The maximum atomic E-state index is 13.4. The first-order valence-electron chi connectivity index (χ1n) is 9.32. The smallest absolute Gasteiger partial charge is 0.307 e. The third-order valence-corrected chi connectivity index (χ3v) is 5.78. The molecule has 4 rings (SSSR count). The summed E-state index contributed by atoms with van der Waals surface area (Å²) in [6.45, 7) is 3.72. The van der Waals surface area contributed by atoms with Crippen LogP contribution in [0.4, 0.5) is 0 Å². The maximum Gasteiger partial charge on any atom is 0.307 e. The van der Waals surface area contributed by atoms with Gasteiger partial charge in [-0.1, -0.05) is 6.07 Å². The number of nitrogens with one attached hydrogen (secondary N) is 1. The molecular weight excluding hydrogens is 382 g/mol. The van der Waals surface area contributed by atoms with Gasteiger partial charge in [-0.25, -0.2) is 0 Å². The molecule has 3 heterocycles. The van der Waals surface area contributed by atoms with Gasteiger partial charge < -0.3 is 24.4 Å². The van der Waals surface area contributed by atoms with Crippen molar-refractivity contribution in [1.82, 2.24) is 15.1 Å². The molecule has 3 aliphatic heterocycles. The summed E-state index contributed by atoms with van der Waals surface area (Å²) in [4.78, 5) is 28.7. The number of benzene rings is 1. The molecule has 0 bridgehead atoms. The summed E-state index contributed by atoms with van der Waals surface area (Å²) in [5.74, 6) is 0.851. The molecule has 2 fully saturated rings. The number of hydrogen-bond donors (Lipinski definition) is 1. The number of likely N-dealkylation sites (N-methyl/N-ethyl adjacent to an activating group) is 1. The molecule has 2 atom stereocenters. The third-order valence-electron chi connectivity index (χ3n) is 5.45. The number of likely N-dealkylation sites (tertiary alicyclic amines) is 1. The van der Waals surface area contributed by atoms with Crippen molar-refractivity contribution in [2.24, 2.45) is 0 Å². The van der Waals surface area contributed by atoms with E-state index in [2.05, 4.69) is 10.2 Å². The number of amides is 1. The van der Waals surface area contributed by atoms with Crippen molar-refractivity contribution in [3.05, 3.63) is 23.8 Å². The fourth-order valence-electron chi connectivity index (χ4n) is 4.22. The van der Waals surface area contributed by atoms with Gasteiger partial charge in [0.15, 0.2) is 16.6 Å². The standard InChI is InChI=1S/C19H23N3O5S/c1-3-25-16(23)6-7-22-17(24)19(20-18(22)28)10-21(2)9-13(19)12-4-5-14-15(8-12)27-11-26-14/h4-5,8,13H,3,6-7,9-11H2,1-2H3,(H,20,28)/t13-,19+/m1/s1.